The number of para-hydroxylation sites is 1. The molecule has 0 bridgehead atoms. The highest BCUT2D eigenvalue weighted by Gasteiger charge is 2.16. The smallest absolute Gasteiger partial charge is 0.178 e. The maximum atomic E-state index is 4.92. The molecule has 0 spiro atoms. The normalized spacial score (nSPS) is 15.7. The lowest BCUT2D eigenvalue weighted by atomic mass is 9.85. The molecule has 0 atom stereocenters. The lowest BCUT2D eigenvalue weighted by Gasteiger charge is -2.22. The molecular weight excluding hydrogens is 294 g/mol. The minimum atomic E-state index is 0.721. The van der Waals surface area contributed by atoms with Crippen molar-refractivity contribution in [1.29, 1.82) is 0 Å². The number of hydrogen-bond acceptors (Lipinski definition) is 3. The van der Waals surface area contributed by atoms with Crippen molar-refractivity contribution in [3.63, 3.8) is 0 Å². The summed E-state index contributed by atoms with van der Waals surface area (Å²) in [5.74, 6) is 1.51. The van der Waals surface area contributed by atoms with Crippen molar-refractivity contribution in [3.8, 4) is 11.5 Å². The van der Waals surface area contributed by atoms with Crippen molar-refractivity contribution in [2.24, 2.45) is 5.92 Å². The molecule has 1 aromatic carbocycles. The first-order chi connectivity index (χ1) is 11.8. The van der Waals surface area contributed by atoms with E-state index >= 15 is 0 Å². The number of hydrogen-bond donors (Lipinski definition) is 0. The van der Waals surface area contributed by atoms with E-state index in [2.05, 4.69) is 23.0 Å². The zero-order chi connectivity index (χ0) is 16.4. The van der Waals surface area contributed by atoms with Crippen molar-refractivity contribution in [3.05, 3.63) is 53.9 Å². The van der Waals surface area contributed by atoms with Crippen LogP contribution in [0.25, 0.3) is 22.4 Å². The van der Waals surface area contributed by atoms with Gasteiger partial charge in [-0.3, -0.25) is 0 Å². The van der Waals surface area contributed by atoms with Gasteiger partial charge in [-0.25, -0.2) is 15.0 Å². The van der Waals surface area contributed by atoms with Crippen LogP contribution >= 0.6 is 0 Å². The van der Waals surface area contributed by atoms with Crippen LogP contribution in [0.3, 0.4) is 0 Å². The predicted molar refractivity (Wildman–Crippen MR) is 97.8 cm³/mol. The van der Waals surface area contributed by atoms with Crippen LogP contribution in [-0.2, 0) is 6.42 Å². The van der Waals surface area contributed by atoms with Gasteiger partial charge in [0.05, 0.1) is 5.52 Å². The average Bonchev–Trinajstić information content (AvgIpc) is 2.64. The van der Waals surface area contributed by atoms with Gasteiger partial charge in [0.25, 0.3) is 0 Å². The monoisotopic (exact) mass is 317 g/mol. The SMILES string of the molecule is Cc1ccc(-c2ncc3ccccc3n2)nc1CC1CCCCC1. The number of fused-ring (bicyclic) bond motifs is 1. The highest BCUT2D eigenvalue weighted by Crippen LogP contribution is 2.28. The second kappa shape index (κ2) is 6.68. The Morgan fingerprint density at radius 1 is 0.958 bits per heavy atom. The van der Waals surface area contributed by atoms with E-state index < -0.39 is 0 Å². The first-order valence-electron chi connectivity index (χ1n) is 8.98. The maximum absolute atomic E-state index is 4.92. The van der Waals surface area contributed by atoms with Gasteiger partial charge in [-0.2, -0.15) is 0 Å². The van der Waals surface area contributed by atoms with Gasteiger partial charge in [-0.1, -0.05) is 56.4 Å². The van der Waals surface area contributed by atoms with E-state index in [-0.39, 0.29) is 0 Å². The second-order valence-corrected chi connectivity index (χ2v) is 6.92. The molecule has 2 aromatic heterocycles. The molecule has 24 heavy (non-hydrogen) atoms. The number of pyridine rings is 1. The van der Waals surface area contributed by atoms with E-state index in [1.165, 1.54) is 43.4 Å². The summed E-state index contributed by atoms with van der Waals surface area (Å²) < 4.78 is 0. The van der Waals surface area contributed by atoms with Gasteiger partial charge < -0.3 is 0 Å². The molecule has 3 aromatic rings. The van der Waals surface area contributed by atoms with E-state index in [0.29, 0.717) is 0 Å². The van der Waals surface area contributed by atoms with Crippen LogP contribution < -0.4 is 0 Å². The maximum Gasteiger partial charge on any atom is 0.178 e. The molecule has 0 N–H and O–H groups in total. The van der Waals surface area contributed by atoms with E-state index in [1.807, 2.05) is 36.5 Å². The molecule has 0 aliphatic heterocycles. The number of nitrogens with zero attached hydrogens (tertiary/aromatic N) is 3. The van der Waals surface area contributed by atoms with Crippen LogP contribution in [0.1, 0.15) is 43.4 Å². The minimum absolute atomic E-state index is 0.721. The fourth-order valence-corrected chi connectivity index (χ4v) is 3.66. The number of aromatic nitrogens is 3. The third-order valence-electron chi connectivity index (χ3n) is 5.13. The highest BCUT2D eigenvalue weighted by molar-refractivity contribution is 5.79. The third kappa shape index (κ3) is 3.16. The zero-order valence-corrected chi connectivity index (χ0v) is 14.2. The predicted octanol–water partition coefficient (Wildman–Crippen LogP) is 5.12. The van der Waals surface area contributed by atoms with Crippen LogP contribution in [0.5, 0.6) is 0 Å². The first kappa shape index (κ1) is 15.3. The Balaban J connectivity index is 1.65. The van der Waals surface area contributed by atoms with E-state index in [4.69, 9.17) is 4.98 Å². The van der Waals surface area contributed by atoms with Crippen LogP contribution in [-0.4, -0.2) is 15.0 Å². The lowest BCUT2D eigenvalue weighted by Crippen LogP contribution is -2.11. The summed E-state index contributed by atoms with van der Waals surface area (Å²) in [6, 6.07) is 12.3. The van der Waals surface area contributed by atoms with Gasteiger partial charge in [0.2, 0.25) is 0 Å². The van der Waals surface area contributed by atoms with E-state index in [1.54, 1.807) is 0 Å². The van der Waals surface area contributed by atoms with Crippen LogP contribution in [0.4, 0.5) is 0 Å². The zero-order valence-electron chi connectivity index (χ0n) is 14.2. The van der Waals surface area contributed by atoms with Gasteiger partial charge in [0, 0.05) is 17.3 Å². The summed E-state index contributed by atoms with van der Waals surface area (Å²) >= 11 is 0. The highest BCUT2D eigenvalue weighted by atomic mass is 14.9. The van der Waals surface area contributed by atoms with Gasteiger partial charge in [-0.15, -0.1) is 0 Å². The minimum Gasteiger partial charge on any atom is -0.249 e. The van der Waals surface area contributed by atoms with Crippen molar-refractivity contribution in [2.75, 3.05) is 0 Å². The standard InChI is InChI=1S/C21H23N3/c1-15-11-12-19(23-20(15)13-16-7-3-2-4-8-16)21-22-14-17-9-5-6-10-18(17)24-21/h5-6,9-12,14,16H,2-4,7-8,13H2,1H3. The number of aryl methyl sites for hydroxylation is 1. The topological polar surface area (TPSA) is 38.7 Å². The fourth-order valence-electron chi connectivity index (χ4n) is 3.66. The molecular formula is C21H23N3. The summed E-state index contributed by atoms with van der Waals surface area (Å²) in [7, 11) is 0. The summed E-state index contributed by atoms with van der Waals surface area (Å²) in [6.45, 7) is 2.16. The molecule has 1 fully saturated rings. The van der Waals surface area contributed by atoms with Crippen LogP contribution in [0.15, 0.2) is 42.6 Å². The Labute approximate surface area is 143 Å². The van der Waals surface area contributed by atoms with Crippen LogP contribution in [0.2, 0.25) is 0 Å². The summed E-state index contributed by atoms with van der Waals surface area (Å²) in [4.78, 5) is 14.1. The average molecular weight is 317 g/mol. The summed E-state index contributed by atoms with van der Waals surface area (Å²) in [5, 5.41) is 1.07. The molecule has 2 heterocycles. The number of rotatable bonds is 3. The molecule has 4 rings (SSSR count). The Morgan fingerprint density at radius 2 is 1.79 bits per heavy atom. The summed E-state index contributed by atoms with van der Waals surface area (Å²) in [5.41, 5.74) is 4.36. The molecule has 1 aliphatic rings. The fraction of sp³-hybridized carbons (Fsp3) is 0.381. The molecule has 122 valence electrons. The lowest BCUT2D eigenvalue weighted by molar-refractivity contribution is 0.354. The second-order valence-electron chi connectivity index (χ2n) is 6.92. The molecule has 0 radical (unpaired) electrons. The van der Waals surface area contributed by atoms with Gasteiger partial charge in [-0.05, 0) is 37.0 Å². The number of benzene rings is 1. The van der Waals surface area contributed by atoms with Crippen LogP contribution in [0, 0.1) is 12.8 Å². The van der Waals surface area contributed by atoms with Gasteiger partial charge in [0.1, 0.15) is 5.69 Å². The molecule has 0 amide bonds. The van der Waals surface area contributed by atoms with Crippen molar-refractivity contribution >= 4 is 10.9 Å². The quantitative estimate of drug-likeness (QED) is 0.672. The Hall–Kier alpha value is -2.29. The largest absolute Gasteiger partial charge is 0.249 e. The third-order valence-corrected chi connectivity index (χ3v) is 5.13. The summed E-state index contributed by atoms with van der Waals surface area (Å²) in [6.07, 6.45) is 9.81. The van der Waals surface area contributed by atoms with Gasteiger partial charge >= 0.3 is 0 Å². The molecule has 0 saturated heterocycles. The van der Waals surface area contributed by atoms with E-state index in [0.717, 1.165) is 34.8 Å². The van der Waals surface area contributed by atoms with Crippen molar-refractivity contribution in [2.45, 2.75) is 45.4 Å². The van der Waals surface area contributed by atoms with Crippen molar-refractivity contribution in [1.82, 2.24) is 15.0 Å². The molecule has 3 heteroatoms. The van der Waals surface area contributed by atoms with Gasteiger partial charge in [0.15, 0.2) is 5.82 Å². The Morgan fingerprint density at radius 3 is 2.67 bits per heavy atom. The Bertz CT molecular complexity index is 851. The molecule has 1 saturated carbocycles. The molecule has 0 unspecified atom stereocenters. The first-order valence-corrected chi connectivity index (χ1v) is 8.98. The van der Waals surface area contributed by atoms with E-state index in [9.17, 15) is 0 Å². The Kier molecular flexibility index (Phi) is 4.24. The molecule has 1 aliphatic carbocycles. The molecule has 3 nitrogen and oxygen atoms in total. The van der Waals surface area contributed by atoms with Crippen molar-refractivity contribution < 1.29 is 0 Å².